The minimum absolute atomic E-state index is 0.0339. The SMILES string of the molecule is C[C@H](C(=O)Nc1cnc2c(c1)N(S(=O)(=O)c1cccc(Cl)c1)[C@H](CO)CO2)c1ccccc1. The van der Waals surface area contributed by atoms with Crippen LogP contribution in [0, 0.1) is 0 Å². The van der Waals surface area contributed by atoms with Gasteiger partial charge in [-0.3, -0.25) is 9.10 Å². The van der Waals surface area contributed by atoms with E-state index in [-0.39, 0.29) is 34.0 Å². The van der Waals surface area contributed by atoms with Gasteiger partial charge < -0.3 is 15.2 Å². The number of hydrogen-bond donors (Lipinski definition) is 2. The van der Waals surface area contributed by atoms with E-state index in [2.05, 4.69) is 10.3 Å². The highest BCUT2D eigenvalue weighted by molar-refractivity contribution is 7.92. The smallest absolute Gasteiger partial charge is 0.265 e. The number of benzene rings is 2. The number of ether oxygens (including phenoxy) is 1. The van der Waals surface area contributed by atoms with Crippen molar-refractivity contribution >= 4 is 38.9 Å². The number of sulfonamides is 1. The van der Waals surface area contributed by atoms with E-state index in [9.17, 15) is 18.3 Å². The molecule has 4 rings (SSSR count). The molecule has 0 radical (unpaired) electrons. The lowest BCUT2D eigenvalue weighted by atomic mass is 10.0. The number of aliphatic hydroxyl groups excluding tert-OH is 1. The second kappa shape index (κ2) is 9.38. The first-order chi connectivity index (χ1) is 15.8. The average Bonchev–Trinajstić information content (AvgIpc) is 2.83. The largest absolute Gasteiger partial charge is 0.474 e. The third-order valence-electron chi connectivity index (χ3n) is 5.34. The molecule has 1 aliphatic rings. The standard InChI is InChI=1S/C23H22ClN3O5S/c1-15(16-6-3-2-4-7-16)22(29)26-18-11-21-23(25-12-18)32-14-19(13-28)27(21)33(30,31)20-9-5-8-17(24)10-20/h2-12,15,19,28H,13-14H2,1H3,(H,26,29)/t15-,19+/m0/s1. The Bertz CT molecular complexity index is 1270. The molecule has 2 atom stereocenters. The highest BCUT2D eigenvalue weighted by Gasteiger charge is 2.38. The molecule has 2 N–H and O–H groups in total. The zero-order chi connectivity index (χ0) is 23.6. The van der Waals surface area contributed by atoms with Gasteiger partial charge in [0.1, 0.15) is 18.3 Å². The van der Waals surface area contributed by atoms with E-state index < -0.39 is 28.6 Å². The van der Waals surface area contributed by atoms with Crippen molar-refractivity contribution in [3.63, 3.8) is 0 Å². The van der Waals surface area contributed by atoms with E-state index in [1.165, 1.54) is 30.5 Å². The fourth-order valence-electron chi connectivity index (χ4n) is 3.55. The normalized spacial score (nSPS) is 16.5. The molecule has 0 fully saturated rings. The van der Waals surface area contributed by atoms with Gasteiger partial charge >= 0.3 is 0 Å². The van der Waals surface area contributed by atoms with E-state index >= 15 is 0 Å². The van der Waals surface area contributed by atoms with Crippen LogP contribution in [0.15, 0.2) is 71.8 Å². The second-order valence-electron chi connectivity index (χ2n) is 7.58. The van der Waals surface area contributed by atoms with E-state index in [0.717, 1.165) is 9.87 Å². The number of anilines is 2. The molecule has 33 heavy (non-hydrogen) atoms. The molecular formula is C23H22ClN3O5S. The van der Waals surface area contributed by atoms with Crippen LogP contribution in [0.4, 0.5) is 11.4 Å². The van der Waals surface area contributed by atoms with Crippen LogP contribution in [0.5, 0.6) is 5.88 Å². The van der Waals surface area contributed by atoms with Crippen LogP contribution >= 0.6 is 11.6 Å². The molecule has 1 aromatic heterocycles. The molecule has 172 valence electrons. The summed E-state index contributed by atoms with van der Waals surface area (Å²) in [4.78, 5) is 16.9. The van der Waals surface area contributed by atoms with Gasteiger partial charge in [0.2, 0.25) is 11.8 Å². The van der Waals surface area contributed by atoms with Crippen LogP contribution in [-0.4, -0.2) is 43.7 Å². The Hall–Kier alpha value is -3.14. The monoisotopic (exact) mass is 487 g/mol. The summed E-state index contributed by atoms with van der Waals surface area (Å²) < 4.78 is 33.6. The summed E-state index contributed by atoms with van der Waals surface area (Å²) in [7, 11) is -4.11. The zero-order valence-electron chi connectivity index (χ0n) is 17.7. The predicted octanol–water partition coefficient (Wildman–Crippen LogP) is 3.43. The number of carbonyl (C=O) groups excluding carboxylic acids is 1. The van der Waals surface area contributed by atoms with Crippen molar-refractivity contribution in [2.75, 3.05) is 22.8 Å². The summed E-state index contributed by atoms with van der Waals surface area (Å²) in [6.45, 7) is 1.23. The Morgan fingerprint density at radius 1 is 1.24 bits per heavy atom. The van der Waals surface area contributed by atoms with Crippen molar-refractivity contribution in [2.24, 2.45) is 0 Å². The number of carbonyl (C=O) groups is 1. The molecule has 0 saturated carbocycles. The van der Waals surface area contributed by atoms with Gasteiger partial charge in [0.15, 0.2) is 0 Å². The van der Waals surface area contributed by atoms with Gasteiger partial charge in [0.25, 0.3) is 10.0 Å². The molecule has 0 spiro atoms. The molecule has 2 heterocycles. The highest BCUT2D eigenvalue weighted by atomic mass is 35.5. The number of pyridine rings is 1. The lowest BCUT2D eigenvalue weighted by molar-refractivity contribution is -0.117. The topological polar surface area (TPSA) is 109 Å². The van der Waals surface area contributed by atoms with Gasteiger partial charge in [-0.25, -0.2) is 13.4 Å². The lowest BCUT2D eigenvalue weighted by Crippen LogP contribution is -2.49. The van der Waals surface area contributed by atoms with Crippen molar-refractivity contribution < 1.29 is 23.1 Å². The molecule has 3 aromatic rings. The van der Waals surface area contributed by atoms with Gasteiger partial charge in [-0.1, -0.05) is 48.0 Å². The van der Waals surface area contributed by atoms with Gasteiger partial charge in [0, 0.05) is 5.02 Å². The lowest BCUT2D eigenvalue weighted by Gasteiger charge is -2.36. The first kappa shape index (κ1) is 23.0. The summed E-state index contributed by atoms with van der Waals surface area (Å²) in [5, 5.41) is 12.9. The van der Waals surface area contributed by atoms with Gasteiger partial charge in [-0.05, 0) is 36.8 Å². The maximum atomic E-state index is 13.5. The molecule has 8 nitrogen and oxygen atoms in total. The van der Waals surface area contributed by atoms with Crippen LogP contribution in [0.1, 0.15) is 18.4 Å². The third kappa shape index (κ3) is 4.66. The van der Waals surface area contributed by atoms with Gasteiger partial charge in [-0.2, -0.15) is 0 Å². The zero-order valence-corrected chi connectivity index (χ0v) is 19.3. The number of aliphatic hydroxyl groups is 1. The average molecular weight is 488 g/mol. The predicted molar refractivity (Wildman–Crippen MR) is 125 cm³/mol. The van der Waals surface area contributed by atoms with Crippen LogP contribution in [0.3, 0.4) is 0 Å². The minimum Gasteiger partial charge on any atom is -0.474 e. The molecule has 0 bridgehead atoms. The fraction of sp³-hybridized carbons (Fsp3) is 0.217. The first-order valence-electron chi connectivity index (χ1n) is 10.2. The number of hydrogen-bond acceptors (Lipinski definition) is 6. The number of amides is 1. The summed E-state index contributed by atoms with van der Waals surface area (Å²) >= 11 is 6.01. The molecular weight excluding hydrogens is 466 g/mol. The van der Waals surface area contributed by atoms with Crippen LogP contribution in [-0.2, 0) is 14.8 Å². The third-order valence-corrected chi connectivity index (χ3v) is 7.44. The van der Waals surface area contributed by atoms with Crippen molar-refractivity contribution in [1.29, 1.82) is 0 Å². The Kier molecular flexibility index (Phi) is 6.55. The maximum Gasteiger partial charge on any atom is 0.265 e. The van der Waals surface area contributed by atoms with Crippen molar-refractivity contribution in [1.82, 2.24) is 4.98 Å². The van der Waals surface area contributed by atoms with Gasteiger partial charge in [0.05, 0.1) is 29.3 Å². The molecule has 0 unspecified atom stereocenters. The fourth-order valence-corrected chi connectivity index (χ4v) is 5.47. The molecule has 1 amide bonds. The maximum absolute atomic E-state index is 13.5. The van der Waals surface area contributed by atoms with E-state index in [1.54, 1.807) is 13.0 Å². The molecule has 2 aromatic carbocycles. The van der Waals surface area contributed by atoms with Crippen molar-refractivity contribution in [2.45, 2.75) is 23.8 Å². The Morgan fingerprint density at radius 3 is 2.70 bits per heavy atom. The van der Waals surface area contributed by atoms with Gasteiger partial charge in [-0.15, -0.1) is 0 Å². The molecule has 0 saturated heterocycles. The second-order valence-corrected chi connectivity index (χ2v) is 9.83. The number of aromatic nitrogens is 1. The summed E-state index contributed by atoms with van der Waals surface area (Å²) in [6.07, 6.45) is 1.40. The number of fused-ring (bicyclic) bond motifs is 1. The first-order valence-corrected chi connectivity index (χ1v) is 12.0. The van der Waals surface area contributed by atoms with Crippen LogP contribution < -0.4 is 14.4 Å². The summed E-state index contributed by atoms with van der Waals surface area (Å²) in [6, 6.07) is 15.7. The molecule has 10 heteroatoms. The Labute approximate surface area is 196 Å². The quantitative estimate of drug-likeness (QED) is 0.551. The minimum atomic E-state index is -4.11. The van der Waals surface area contributed by atoms with Crippen molar-refractivity contribution in [3.8, 4) is 5.88 Å². The van der Waals surface area contributed by atoms with Crippen LogP contribution in [0.2, 0.25) is 5.02 Å². The van der Waals surface area contributed by atoms with E-state index in [1.807, 2.05) is 30.3 Å². The van der Waals surface area contributed by atoms with E-state index in [4.69, 9.17) is 16.3 Å². The number of halogens is 1. The highest BCUT2D eigenvalue weighted by Crippen LogP contribution is 2.38. The Balaban J connectivity index is 1.69. The molecule has 0 aliphatic carbocycles. The summed E-state index contributed by atoms with van der Waals surface area (Å²) in [5.41, 5.74) is 1.26. The number of nitrogens with one attached hydrogen (secondary N) is 1. The van der Waals surface area contributed by atoms with Crippen LogP contribution in [0.25, 0.3) is 0 Å². The molecule has 1 aliphatic heterocycles. The van der Waals surface area contributed by atoms with Crippen molar-refractivity contribution in [3.05, 3.63) is 77.4 Å². The van der Waals surface area contributed by atoms with E-state index in [0.29, 0.717) is 5.69 Å². The number of nitrogens with zero attached hydrogens (tertiary/aromatic N) is 2. The Morgan fingerprint density at radius 2 is 2.00 bits per heavy atom. The number of rotatable bonds is 6. The summed E-state index contributed by atoms with van der Waals surface area (Å²) in [5.74, 6) is -0.628.